The van der Waals surface area contributed by atoms with Gasteiger partial charge in [-0.1, -0.05) is 23.7 Å². The van der Waals surface area contributed by atoms with Crippen molar-refractivity contribution < 1.29 is 19.1 Å². The van der Waals surface area contributed by atoms with Crippen LogP contribution < -0.4 is 10.1 Å². The Hall–Kier alpha value is -2.45. The number of ether oxygens (including phenoxy) is 2. The molecule has 0 saturated carbocycles. The Labute approximate surface area is 184 Å². The third kappa shape index (κ3) is 4.65. The molecule has 2 atom stereocenters. The SMILES string of the molecule is CSc1cnc(C(=O)NCc2ccc(Cl)cc2)cc1O[C@H]1CCN2C(=O)OC[C@@H]2C1. The van der Waals surface area contributed by atoms with E-state index in [-0.39, 0.29) is 24.1 Å². The number of rotatable bonds is 6. The fourth-order valence-corrected chi connectivity index (χ4v) is 4.21. The molecule has 0 radical (unpaired) electrons. The normalized spacial score (nSPS) is 20.5. The van der Waals surface area contributed by atoms with Gasteiger partial charge in [0.25, 0.3) is 5.91 Å². The molecule has 9 heteroatoms. The Morgan fingerprint density at radius 1 is 1.40 bits per heavy atom. The summed E-state index contributed by atoms with van der Waals surface area (Å²) < 4.78 is 11.4. The zero-order valence-electron chi connectivity index (χ0n) is 16.5. The third-order valence-electron chi connectivity index (χ3n) is 5.25. The summed E-state index contributed by atoms with van der Waals surface area (Å²) in [7, 11) is 0. The van der Waals surface area contributed by atoms with Gasteiger partial charge in [0, 0.05) is 43.2 Å². The molecule has 2 amide bonds. The zero-order chi connectivity index (χ0) is 21.1. The highest BCUT2D eigenvalue weighted by atomic mass is 35.5. The molecule has 0 aliphatic carbocycles. The number of benzene rings is 1. The van der Waals surface area contributed by atoms with Crippen LogP contribution in [0.4, 0.5) is 4.79 Å². The van der Waals surface area contributed by atoms with Crippen LogP contribution in [0.25, 0.3) is 0 Å². The molecule has 1 N–H and O–H groups in total. The van der Waals surface area contributed by atoms with E-state index in [1.54, 1.807) is 29.3 Å². The van der Waals surface area contributed by atoms with E-state index in [4.69, 9.17) is 21.1 Å². The van der Waals surface area contributed by atoms with Gasteiger partial charge in [-0.15, -0.1) is 11.8 Å². The van der Waals surface area contributed by atoms with Gasteiger partial charge in [0.05, 0.1) is 10.9 Å². The fourth-order valence-electron chi connectivity index (χ4n) is 3.62. The Kier molecular flexibility index (Phi) is 6.34. The average Bonchev–Trinajstić information content (AvgIpc) is 3.13. The van der Waals surface area contributed by atoms with Crippen molar-refractivity contribution in [1.82, 2.24) is 15.2 Å². The molecule has 30 heavy (non-hydrogen) atoms. The minimum Gasteiger partial charge on any atom is -0.489 e. The summed E-state index contributed by atoms with van der Waals surface area (Å²) in [4.78, 5) is 31.2. The molecule has 4 rings (SSSR count). The van der Waals surface area contributed by atoms with Crippen molar-refractivity contribution in [2.24, 2.45) is 0 Å². The lowest BCUT2D eigenvalue weighted by atomic mass is 10.0. The summed E-state index contributed by atoms with van der Waals surface area (Å²) in [5.74, 6) is 0.366. The van der Waals surface area contributed by atoms with Gasteiger partial charge in [-0.2, -0.15) is 0 Å². The van der Waals surface area contributed by atoms with Gasteiger partial charge >= 0.3 is 6.09 Å². The van der Waals surface area contributed by atoms with E-state index in [2.05, 4.69) is 10.3 Å². The first-order valence-corrected chi connectivity index (χ1v) is 11.3. The van der Waals surface area contributed by atoms with Crippen LogP contribution in [0.5, 0.6) is 5.75 Å². The number of hydrogen-bond donors (Lipinski definition) is 1. The second-order valence-corrected chi connectivity index (χ2v) is 8.50. The van der Waals surface area contributed by atoms with E-state index >= 15 is 0 Å². The first-order chi connectivity index (χ1) is 14.5. The summed E-state index contributed by atoms with van der Waals surface area (Å²) in [6.07, 6.45) is 4.75. The maximum absolute atomic E-state index is 12.6. The molecule has 1 aromatic heterocycles. The van der Waals surface area contributed by atoms with E-state index in [1.165, 1.54) is 11.8 Å². The summed E-state index contributed by atoms with van der Waals surface area (Å²) in [5.41, 5.74) is 1.25. The minimum absolute atomic E-state index is 0.0426. The summed E-state index contributed by atoms with van der Waals surface area (Å²) in [5, 5.41) is 3.52. The summed E-state index contributed by atoms with van der Waals surface area (Å²) in [6, 6.07) is 9.05. The van der Waals surface area contributed by atoms with Crippen molar-refractivity contribution in [2.75, 3.05) is 19.4 Å². The highest BCUT2D eigenvalue weighted by Gasteiger charge is 2.39. The molecule has 2 fully saturated rings. The molecule has 0 unspecified atom stereocenters. The lowest BCUT2D eigenvalue weighted by Crippen LogP contribution is -2.44. The van der Waals surface area contributed by atoms with Crippen LogP contribution in [0, 0.1) is 0 Å². The maximum atomic E-state index is 12.6. The second-order valence-electron chi connectivity index (χ2n) is 7.22. The number of thioether (sulfide) groups is 1. The molecule has 158 valence electrons. The van der Waals surface area contributed by atoms with Gasteiger partial charge in [0.15, 0.2) is 0 Å². The number of aromatic nitrogens is 1. The van der Waals surface area contributed by atoms with Crippen LogP contribution in [-0.2, 0) is 11.3 Å². The van der Waals surface area contributed by atoms with Crippen molar-refractivity contribution in [2.45, 2.75) is 36.4 Å². The van der Waals surface area contributed by atoms with Crippen molar-refractivity contribution in [1.29, 1.82) is 0 Å². The van der Waals surface area contributed by atoms with Gasteiger partial charge < -0.3 is 19.7 Å². The topological polar surface area (TPSA) is 80.8 Å². The van der Waals surface area contributed by atoms with E-state index in [0.717, 1.165) is 16.9 Å². The lowest BCUT2D eigenvalue weighted by Gasteiger charge is -2.32. The molecular formula is C21H22ClN3O4S. The quantitative estimate of drug-likeness (QED) is 0.679. The number of amides is 2. The number of piperidine rings is 1. The van der Waals surface area contributed by atoms with Crippen LogP contribution >= 0.6 is 23.4 Å². The number of halogens is 1. The molecule has 0 bridgehead atoms. The minimum atomic E-state index is -0.271. The summed E-state index contributed by atoms with van der Waals surface area (Å²) in [6.45, 7) is 1.40. The van der Waals surface area contributed by atoms with Gasteiger partial charge in [-0.3, -0.25) is 4.79 Å². The first-order valence-electron chi connectivity index (χ1n) is 9.70. The van der Waals surface area contributed by atoms with Gasteiger partial charge in [0.2, 0.25) is 0 Å². The monoisotopic (exact) mass is 447 g/mol. The van der Waals surface area contributed by atoms with Crippen LogP contribution in [-0.4, -0.2) is 53.4 Å². The predicted molar refractivity (Wildman–Crippen MR) is 114 cm³/mol. The van der Waals surface area contributed by atoms with E-state index in [9.17, 15) is 9.59 Å². The number of cyclic esters (lactones) is 1. The van der Waals surface area contributed by atoms with Crippen molar-refractivity contribution in [3.05, 3.63) is 52.8 Å². The molecule has 2 aliphatic heterocycles. The molecule has 0 spiro atoms. The average molecular weight is 448 g/mol. The van der Waals surface area contributed by atoms with Gasteiger partial charge in [-0.05, 0) is 24.0 Å². The van der Waals surface area contributed by atoms with Crippen molar-refractivity contribution in [3.8, 4) is 5.75 Å². The number of carbonyl (C=O) groups excluding carboxylic acids is 2. The van der Waals surface area contributed by atoms with Crippen LogP contribution in [0.3, 0.4) is 0 Å². The molecule has 7 nitrogen and oxygen atoms in total. The number of carbonyl (C=O) groups is 2. The van der Waals surface area contributed by atoms with Crippen LogP contribution in [0.15, 0.2) is 41.4 Å². The van der Waals surface area contributed by atoms with E-state index < -0.39 is 0 Å². The first kappa shape index (κ1) is 20.8. The second kappa shape index (κ2) is 9.14. The Bertz CT molecular complexity index is 940. The van der Waals surface area contributed by atoms with E-state index in [1.807, 2.05) is 18.4 Å². The largest absolute Gasteiger partial charge is 0.489 e. The highest BCUT2D eigenvalue weighted by Crippen LogP contribution is 2.32. The van der Waals surface area contributed by atoms with Gasteiger partial charge in [0.1, 0.15) is 24.2 Å². The predicted octanol–water partition coefficient (Wildman–Crippen LogP) is 3.75. The standard InChI is InChI=1S/C21H22ClN3O4S/c1-30-19-11-23-17(20(26)24-10-13-2-4-14(22)5-3-13)9-18(19)29-16-6-7-25-15(8-16)12-28-21(25)27/h2-5,9,11,15-16H,6-8,10,12H2,1H3,(H,24,26)/t15-,16-/m0/s1. The molecule has 3 heterocycles. The number of nitrogens with one attached hydrogen (secondary N) is 1. The molecular weight excluding hydrogens is 426 g/mol. The maximum Gasteiger partial charge on any atom is 0.410 e. The smallest absolute Gasteiger partial charge is 0.410 e. The Morgan fingerprint density at radius 3 is 2.97 bits per heavy atom. The number of nitrogens with zero attached hydrogens (tertiary/aromatic N) is 2. The molecule has 1 aromatic carbocycles. The van der Waals surface area contributed by atoms with Crippen LogP contribution in [0.2, 0.25) is 5.02 Å². The number of pyridine rings is 1. The molecule has 2 saturated heterocycles. The lowest BCUT2D eigenvalue weighted by molar-refractivity contribution is 0.0897. The van der Waals surface area contributed by atoms with Crippen molar-refractivity contribution >= 4 is 35.4 Å². The van der Waals surface area contributed by atoms with E-state index in [0.29, 0.717) is 42.6 Å². The molecule has 2 aliphatic rings. The number of hydrogen-bond acceptors (Lipinski definition) is 6. The number of fused-ring (bicyclic) bond motifs is 1. The zero-order valence-corrected chi connectivity index (χ0v) is 18.0. The van der Waals surface area contributed by atoms with Crippen LogP contribution in [0.1, 0.15) is 28.9 Å². The third-order valence-corrected chi connectivity index (χ3v) is 6.24. The highest BCUT2D eigenvalue weighted by molar-refractivity contribution is 7.98. The van der Waals surface area contributed by atoms with Gasteiger partial charge in [-0.25, -0.2) is 9.78 Å². The summed E-state index contributed by atoms with van der Waals surface area (Å²) >= 11 is 7.41. The Morgan fingerprint density at radius 2 is 2.20 bits per heavy atom. The molecule has 2 aromatic rings. The Balaban J connectivity index is 1.42. The van der Waals surface area contributed by atoms with Crippen molar-refractivity contribution in [3.63, 3.8) is 0 Å². The fraction of sp³-hybridized carbons (Fsp3) is 0.381.